The quantitative estimate of drug-likeness (QED) is 0.608. The van der Waals surface area contributed by atoms with Gasteiger partial charge in [-0.15, -0.1) is 0 Å². The van der Waals surface area contributed by atoms with E-state index in [1.165, 1.54) is 0 Å². The number of aliphatic hydroxyl groups is 1. The van der Waals surface area contributed by atoms with Gasteiger partial charge in [-0.2, -0.15) is 0 Å². The number of carbonyl (C=O) groups is 1. The average molecular weight is 431 g/mol. The molecule has 4 rings (SSSR count). The zero-order chi connectivity index (χ0) is 21.1. The van der Waals surface area contributed by atoms with Gasteiger partial charge in [-0.3, -0.25) is 0 Å². The molecule has 2 aromatic rings. The third kappa shape index (κ3) is 4.19. The number of hydrogen-bond acceptors (Lipinski definition) is 5. The van der Waals surface area contributed by atoms with E-state index in [9.17, 15) is 9.90 Å². The Labute approximate surface area is 181 Å². The molecule has 2 aliphatic rings. The van der Waals surface area contributed by atoms with Crippen molar-refractivity contribution in [2.24, 2.45) is 5.92 Å². The number of methoxy groups -OCH3 is 1. The van der Waals surface area contributed by atoms with Crippen LogP contribution >= 0.6 is 11.6 Å². The summed E-state index contributed by atoms with van der Waals surface area (Å²) in [7, 11) is 1.59. The van der Waals surface area contributed by atoms with Gasteiger partial charge in [0.05, 0.1) is 17.7 Å². The minimum Gasteiger partial charge on any atom is -0.512 e. The highest BCUT2D eigenvalue weighted by Crippen LogP contribution is 2.46. The van der Waals surface area contributed by atoms with Gasteiger partial charge in [0.25, 0.3) is 0 Å². The molecule has 160 valence electrons. The summed E-state index contributed by atoms with van der Waals surface area (Å²) in [6.07, 6.45) is 9.54. The van der Waals surface area contributed by atoms with Crippen LogP contribution in [-0.4, -0.2) is 33.8 Å². The number of benzene rings is 1. The molecule has 2 N–H and O–H groups in total. The number of H-pyrrole nitrogens is 1. The van der Waals surface area contributed by atoms with Gasteiger partial charge in [-0.25, -0.2) is 9.78 Å². The molecule has 6 nitrogen and oxygen atoms in total. The van der Waals surface area contributed by atoms with Crippen molar-refractivity contribution in [3.8, 4) is 5.75 Å². The first-order valence-corrected chi connectivity index (χ1v) is 10.8. The zero-order valence-electron chi connectivity index (χ0n) is 17.1. The Morgan fingerprint density at radius 2 is 2.17 bits per heavy atom. The van der Waals surface area contributed by atoms with E-state index < -0.39 is 11.6 Å². The van der Waals surface area contributed by atoms with Gasteiger partial charge in [-0.05, 0) is 49.3 Å². The van der Waals surface area contributed by atoms with Gasteiger partial charge in [0.1, 0.15) is 22.9 Å². The Morgan fingerprint density at radius 1 is 1.37 bits per heavy atom. The Bertz CT molecular complexity index is 935. The molecule has 1 aromatic heterocycles. The van der Waals surface area contributed by atoms with Crippen molar-refractivity contribution >= 4 is 17.6 Å². The Balaban J connectivity index is 1.56. The number of ether oxygens (including phenoxy) is 2. The summed E-state index contributed by atoms with van der Waals surface area (Å²) in [5, 5.41) is 11.4. The number of esters is 1. The van der Waals surface area contributed by atoms with Crippen molar-refractivity contribution in [1.29, 1.82) is 0 Å². The zero-order valence-corrected chi connectivity index (χ0v) is 17.9. The number of aromatic amines is 1. The molecule has 0 bridgehead atoms. The van der Waals surface area contributed by atoms with E-state index in [2.05, 4.69) is 9.97 Å². The van der Waals surface area contributed by atoms with Gasteiger partial charge < -0.3 is 19.6 Å². The van der Waals surface area contributed by atoms with Crippen LogP contribution in [0.25, 0.3) is 0 Å². The number of carbonyl (C=O) groups excluding carboxylic acids is 1. The lowest BCUT2D eigenvalue weighted by molar-refractivity contribution is -0.167. The predicted molar refractivity (Wildman–Crippen MR) is 114 cm³/mol. The van der Waals surface area contributed by atoms with Crippen molar-refractivity contribution in [2.45, 2.75) is 57.0 Å². The topological polar surface area (TPSA) is 84.4 Å². The van der Waals surface area contributed by atoms with E-state index in [1.807, 2.05) is 18.2 Å². The fraction of sp³-hybridized carbons (Fsp3) is 0.478. The molecule has 0 saturated heterocycles. The number of halogens is 1. The molecular weight excluding hydrogens is 404 g/mol. The number of aromatic nitrogens is 2. The van der Waals surface area contributed by atoms with Crippen molar-refractivity contribution in [3.05, 3.63) is 58.3 Å². The summed E-state index contributed by atoms with van der Waals surface area (Å²) >= 11 is 6.28. The highest BCUT2D eigenvalue weighted by Gasteiger charge is 2.48. The van der Waals surface area contributed by atoms with Crippen LogP contribution in [0.1, 0.15) is 49.9 Å². The molecule has 1 saturated carbocycles. The standard InChI is InChI=1S/C23H27ClN2O4/c1-29-20-7-6-15(12-18(20)24)8-9-23(16-4-2-3-5-16)14-19(27)17(22(28)30-23)13-21-25-10-11-26-21/h6-7,10-12,16,27H,2-5,8-9,13-14H2,1H3,(H,25,26). The van der Waals surface area contributed by atoms with Crippen LogP contribution in [0.3, 0.4) is 0 Å². The molecule has 1 atom stereocenters. The molecule has 0 spiro atoms. The van der Waals surface area contributed by atoms with Crippen LogP contribution in [-0.2, 0) is 22.4 Å². The van der Waals surface area contributed by atoms with Gasteiger partial charge >= 0.3 is 5.97 Å². The molecule has 1 aliphatic heterocycles. The second kappa shape index (κ2) is 8.72. The molecular formula is C23H27ClN2O4. The Kier molecular flexibility index (Phi) is 6.04. The molecule has 7 heteroatoms. The smallest absolute Gasteiger partial charge is 0.338 e. The highest BCUT2D eigenvalue weighted by molar-refractivity contribution is 6.32. The van der Waals surface area contributed by atoms with E-state index in [-0.39, 0.29) is 18.1 Å². The first-order chi connectivity index (χ1) is 14.5. The van der Waals surface area contributed by atoms with Gasteiger partial charge in [0.2, 0.25) is 0 Å². The average Bonchev–Trinajstić information content (AvgIpc) is 3.44. The number of nitrogens with zero attached hydrogens (tertiary/aromatic N) is 1. The predicted octanol–water partition coefficient (Wildman–Crippen LogP) is 4.94. The lowest BCUT2D eigenvalue weighted by Gasteiger charge is -2.41. The van der Waals surface area contributed by atoms with Crippen LogP contribution < -0.4 is 4.74 Å². The maximum Gasteiger partial charge on any atom is 0.338 e. The monoisotopic (exact) mass is 430 g/mol. The van der Waals surface area contributed by atoms with Crippen molar-refractivity contribution in [2.75, 3.05) is 7.11 Å². The number of nitrogens with one attached hydrogen (secondary N) is 1. The fourth-order valence-electron chi connectivity index (χ4n) is 4.77. The van der Waals surface area contributed by atoms with Crippen molar-refractivity contribution in [1.82, 2.24) is 9.97 Å². The first-order valence-electron chi connectivity index (χ1n) is 10.5. The molecule has 0 amide bonds. The third-order valence-electron chi connectivity index (χ3n) is 6.41. The summed E-state index contributed by atoms with van der Waals surface area (Å²) in [4.78, 5) is 20.1. The second-order valence-electron chi connectivity index (χ2n) is 8.22. The van der Waals surface area contributed by atoms with E-state index in [1.54, 1.807) is 19.5 Å². The summed E-state index contributed by atoms with van der Waals surface area (Å²) in [5.74, 6) is 1.22. The van der Waals surface area contributed by atoms with Gasteiger partial charge in [0.15, 0.2) is 0 Å². The normalized spacial score (nSPS) is 22.4. The second-order valence-corrected chi connectivity index (χ2v) is 8.63. The SMILES string of the molecule is COc1ccc(CCC2(C3CCCC3)CC(O)=C(Cc3ncc[nH]3)C(=O)O2)cc1Cl. The summed E-state index contributed by atoms with van der Waals surface area (Å²) < 4.78 is 11.4. The highest BCUT2D eigenvalue weighted by atomic mass is 35.5. The van der Waals surface area contributed by atoms with Crippen molar-refractivity contribution < 1.29 is 19.4 Å². The molecule has 2 heterocycles. The number of rotatable bonds is 7. The molecule has 1 unspecified atom stereocenters. The minimum absolute atomic E-state index is 0.127. The summed E-state index contributed by atoms with van der Waals surface area (Å²) in [6.45, 7) is 0. The van der Waals surface area contributed by atoms with Crippen LogP contribution in [0.4, 0.5) is 0 Å². The Morgan fingerprint density at radius 3 is 2.80 bits per heavy atom. The van der Waals surface area contributed by atoms with E-state index >= 15 is 0 Å². The first kappa shape index (κ1) is 20.8. The van der Waals surface area contributed by atoms with Crippen molar-refractivity contribution in [3.63, 3.8) is 0 Å². The van der Waals surface area contributed by atoms with Crippen LogP contribution in [0.5, 0.6) is 5.75 Å². The van der Waals surface area contributed by atoms with Gasteiger partial charge in [-0.1, -0.05) is 30.5 Å². The van der Waals surface area contributed by atoms with E-state index in [0.29, 0.717) is 41.4 Å². The van der Waals surface area contributed by atoms with Crippen LogP contribution in [0, 0.1) is 5.92 Å². The molecule has 1 fully saturated rings. The lowest BCUT2D eigenvalue weighted by Crippen LogP contribution is -2.46. The van der Waals surface area contributed by atoms with Crippen LogP contribution in [0.2, 0.25) is 5.02 Å². The maximum absolute atomic E-state index is 12.9. The van der Waals surface area contributed by atoms with Crippen LogP contribution in [0.15, 0.2) is 41.9 Å². The van der Waals surface area contributed by atoms with Gasteiger partial charge in [0, 0.05) is 25.2 Å². The fourth-order valence-corrected chi connectivity index (χ4v) is 5.05. The summed E-state index contributed by atoms with van der Waals surface area (Å²) in [6, 6.07) is 5.73. The number of aliphatic hydroxyl groups excluding tert-OH is 1. The molecule has 30 heavy (non-hydrogen) atoms. The number of imidazole rings is 1. The van der Waals surface area contributed by atoms with E-state index in [4.69, 9.17) is 21.1 Å². The largest absolute Gasteiger partial charge is 0.512 e. The maximum atomic E-state index is 12.9. The van der Waals surface area contributed by atoms with E-state index in [0.717, 1.165) is 31.2 Å². The third-order valence-corrected chi connectivity index (χ3v) is 6.70. The number of cyclic esters (lactones) is 1. The molecule has 0 radical (unpaired) electrons. The molecule has 1 aromatic carbocycles. The summed E-state index contributed by atoms with van der Waals surface area (Å²) in [5.41, 5.74) is 0.668. The number of aryl methyl sites for hydroxylation is 1. The lowest BCUT2D eigenvalue weighted by atomic mass is 9.76. The molecule has 1 aliphatic carbocycles. The number of hydrogen-bond donors (Lipinski definition) is 2. The minimum atomic E-state index is -0.684. The Hall–Kier alpha value is -2.47.